The molecule has 1 aromatic heterocycles. The molecule has 2 N–H and O–H groups in total. The second-order valence-corrected chi connectivity index (χ2v) is 6.21. The van der Waals surface area contributed by atoms with Gasteiger partial charge in [0.05, 0.1) is 17.4 Å². The molecule has 1 fully saturated rings. The summed E-state index contributed by atoms with van der Waals surface area (Å²) < 4.78 is 1.04. The highest BCUT2D eigenvalue weighted by Crippen LogP contribution is 2.24. The first-order valence-electron chi connectivity index (χ1n) is 6.91. The number of pyridine rings is 1. The zero-order chi connectivity index (χ0) is 14.8. The molecule has 1 aromatic carbocycles. The van der Waals surface area contributed by atoms with Gasteiger partial charge < -0.3 is 10.6 Å². The van der Waals surface area contributed by atoms with Gasteiger partial charge in [-0.15, -0.1) is 0 Å². The molecule has 0 atom stereocenters. The smallest absolute Gasteiger partial charge is 0.253 e. The average molecular weight is 346 g/mol. The fraction of sp³-hybridized carbons (Fsp3) is 0.250. The Bertz CT molecular complexity index is 683. The fourth-order valence-corrected chi connectivity index (χ4v) is 2.53. The molecule has 0 radical (unpaired) electrons. The highest BCUT2D eigenvalue weighted by molar-refractivity contribution is 9.10. The van der Waals surface area contributed by atoms with Crippen LogP contribution in [0.1, 0.15) is 28.8 Å². The Kier molecular flexibility index (Phi) is 3.92. The van der Waals surface area contributed by atoms with Crippen molar-refractivity contribution in [2.24, 2.45) is 0 Å². The third-order valence-corrected chi connectivity index (χ3v) is 3.87. The molecule has 0 aliphatic heterocycles. The van der Waals surface area contributed by atoms with Gasteiger partial charge in [0.25, 0.3) is 5.91 Å². The summed E-state index contributed by atoms with van der Waals surface area (Å²) in [5.41, 5.74) is 3.52. The molecule has 0 unspecified atom stereocenters. The molecule has 0 bridgehead atoms. The number of halogens is 1. The van der Waals surface area contributed by atoms with Gasteiger partial charge in [0.2, 0.25) is 0 Å². The number of hydrogen-bond donors (Lipinski definition) is 2. The predicted molar refractivity (Wildman–Crippen MR) is 86.9 cm³/mol. The predicted octanol–water partition coefficient (Wildman–Crippen LogP) is 3.79. The summed E-state index contributed by atoms with van der Waals surface area (Å²) in [5, 5.41) is 6.27. The molecule has 1 heterocycles. The van der Waals surface area contributed by atoms with E-state index in [9.17, 15) is 4.79 Å². The van der Waals surface area contributed by atoms with Crippen LogP contribution < -0.4 is 10.6 Å². The number of anilines is 2. The normalized spacial score (nSPS) is 13.8. The van der Waals surface area contributed by atoms with Crippen LogP contribution in [0.2, 0.25) is 0 Å². The van der Waals surface area contributed by atoms with E-state index in [2.05, 4.69) is 31.5 Å². The van der Waals surface area contributed by atoms with E-state index in [0.717, 1.165) is 34.3 Å². The molecule has 1 aliphatic carbocycles. The Morgan fingerprint density at radius 2 is 2.10 bits per heavy atom. The van der Waals surface area contributed by atoms with Crippen molar-refractivity contribution < 1.29 is 4.79 Å². The van der Waals surface area contributed by atoms with Crippen molar-refractivity contribution in [1.82, 2.24) is 10.3 Å². The van der Waals surface area contributed by atoms with Crippen LogP contribution in [0.5, 0.6) is 0 Å². The topological polar surface area (TPSA) is 54.0 Å². The number of nitrogens with one attached hydrogen (secondary N) is 2. The third kappa shape index (κ3) is 3.61. The molecule has 3 rings (SSSR count). The molecule has 5 heteroatoms. The van der Waals surface area contributed by atoms with Crippen LogP contribution in [0.3, 0.4) is 0 Å². The lowest BCUT2D eigenvalue weighted by atomic mass is 10.2. The number of rotatable bonds is 4. The number of hydrogen-bond acceptors (Lipinski definition) is 3. The Morgan fingerprint density at radius 1 is 1.29 bits per heavy atom. The van der Waals surface area contributed by atoms with E-state index in [1.807, 2.05) is 31.2 Å². The zero-order valence-corrected chi connectivity index (χ0v) is 13.3. The molecular formula is C16H16BrN3O. The molecule has 21 heavy (non-hydrogen) atoms. The van der Waals surface area contributed by atoms with E-state index >= 15 is 0 Å². The molecule has 108 valence electrons. The SMILES string of the molecule is Cc1cc(Br)ccc1Nc1cncc(C(=O)NC2CC2)c1. The lowest BCUT2D eigenvalue weighted by Crippen LogP contribution is -2.25. The molecule has 1 amide bonds. The molecular weight excluding hydrogens is 330 g/mol. The summed E-state index contributed by atoms with van der Waals surface area (Å²) in [4.78, 5) is 16.2. The second-order valence-electron chi connectivity index (χ2n) is 5.29. The first-order valence-corrected chi connectivity index (χ1v) is 7.70. The van der Waals surface area contributed by atoms with Crippen molar-refractivity contribution in [2.45, 2.75) is 25.8 Å². The lowest BCUT2D eigenvalue weighted by Gasteiger charge is -2.11. The third-order valence-electron chi connectivity index (χ3n) is 3.38. The van der Waals surface area contributed by atoms with Crippen LogP contribution in [-0.4, -0.2) is 16.9 Å². The van der Waals surface area contributed by atoms with Gasteiger partial charge in [0, 0.05) is 22.4 Å². The average Bonchev–Trinajstić information content (AvgIpc) is 3.26. The maximum Gasteiger partial charge on any atom is 0.253 e. The number of aryl methyl sites for hydroxylation is 1. The Labute approximate surface area is 132 Å². The van der Waals surface area contributed by atoms with Crippen LogP contribution in [-0.2, 0) is 0 Å². The number of nitrogens with zero attached hydrogens (tertiary/aromatic N) is 1. The number of carbonyl (C=O) groups is 1. The molecule has 0 spiro atoms. The van der Waals surface area contributed by atoms with Gasteiger partial charge in [-0.25, -0.2) is 0 Å². The second kappa shape index (κ2) is 5.85. The number of benzene rings is 1. The van der Waals surface area contributed by atoms with Gasteiger partial charge in [-0.2, -0.15) is 0 Å². The van der Waals surface area contributed by atoms with E-state index in [4.69, 9.17) is 0 Å². The van der Waals surface area contributed by atoms with E-state index in [0.29, 0.717) is 11.6 Å². The molecule has 1 saturated carbocycles. The van der Waals surface area contributed by atoms with E-state index in [1.165, 1.54) is 0 Å². The van der Waals surface area contributed by atoms with Gasteiger partial charge in [-0.3, -0.25) is 9.78 Å². The summed E-state index contributed by atoms with van der Waals surface area (Å²) in [6, 6.07) is 8.19. The monoisotopic (exact) mass is 345 g/mol. The van der Waals surface area contributed by atoms with Gasteiger partial charge in [-0.1, -0.05) is 15.9 Å². The first-order chi connectivity index (χ1) is 10.1. The summed E-state index contributed by atoms with van der Waals surface area (Å²) in [6.45, 7) is 2.03. The van der Waals surface area contributed by atoms with E-state index < -0.39 is 0 Å². The summed E-state index contributed by atoms with van der Waals surface area (Å²) in [7, 11) is 0. The van der Waals surface area contributed by atoms with Crippen molar-refractivity contribution >= 4 is 33.2 Å². The van der Waals surface area contributed by atoms with Gasteiger partial charge in [0.1, 0.15) is 0 Å². The minimum Gasteiger partial charge on any atom is -0.354 e. The first kappa shape index (κ1) is 14.1. The van der Waals surface area contributed by atoms with Crippen molar-refractivity contribution in [1.29, 1.82) is 0 Å². The van der Waals surface area contributed by atoms with Crippen LogP contribution in [0.4, 0.5) is 11.4 Å². The van der Waals surface area contributed by atoms with Crippen molar-refractivity contribution in [3.05, 3.63) is 52.3 Å². The minimum absolute atomic E-state index is 0.0545. The Hall–Kier alpha value is -1.88. The van der Waals surface area contributed by atoms with Gasteiger partial charge in [-0.05, 0) is 49.6 Å². The number of aromatic nitrogens is 1. The standard InChI is InChI=1S/C16H16BrN3O/c1-10-6-12(17)2-5-15(10)19-14-7-11(8-18-9-14)16(21)20-13-3-4-13/h2,5-9,13,19H,3-4H2,1H3,(H,20,21). The van der Waals surface area contributed by atoms with Crippen LogP contribution >= 0.6 is 15.9 Å². The van der Waals surface area contributed by atoms with E-state index in [1.54, 1.807) is 12.4 Å². The highest BCUT2D eigenvalue weighted by Gasteiger charge is 2.23. The van der Waals surface area contributed by atoms with Gasteiger partial charge >= 0.3 is 0 Å². The Balaban J connectivity index is 1.77. The van der Waals surface area contributed by atoms with Crippen molar-refractivity contribution in [3.8, 4) is 0 Å². The summed E-state index contributed by atoms with van der Waals surface area (Å²) in [6.07, 6.45) is 5.47. The zero-order valence-electron chi connectivity index (χ0n) is 11.7. The van der Waals surface area contributed by atoms with Crippen LogP contribution in [0.25, 0.3) is 0 Å². The highest BCUT2D eigenvalue weighted by atomic mass is 79.9. The summed E-state index contributed by atoms with van der Waals surface area (Å²) >= 11 is 3.45. The van der Waals surface area contributed by atoms with Gasteiger partial charge in [0.15, 0.2) is 0 Å². The number of amides is 1. The maximum absolute atomic E-state index is 12.0. The molecule has 0 saturated heterocycles. The van der Waals surface area contributed by atoms with Crippen molar-refractivity contribution in [3.63, 3.8) is 0 Å². The Morgan fingerprint density at radius 3 is 2.81 bits per heavy atom. The van der Waals surface area contributed by atoms with Crippen LogP contribution in [0.15, 0.2) is 41.1 Å². The lowest BCUT2D eigenvalue weighted by molar-refractivity contribution is 0.0951. The maximum atomic E-state index is 12.0. The largest absolute Gasteiger partial charge is 0.354 e. The van der Waals surface area contributed by atoms with Crippen molar-refractivity contribution in [2.75, 3.05) is 5.32 Å². The minimum atomic E-state index is -0.0545. The molecule has 1 aliphatic rings. The quantitative estimate of drug-likeness (QED) is 0.886. The molecule has 4 nitrogen and oxygen atoms in total. The number of carbonyl (C=O) groups excluding carboxylic acids is 1. The fourth-order valence-electron chi connectivity index (χ4n) is 2.05. The van der Waals surface area contributed by atoms with Crippen LogP contribution in [0, 0.1) is 6.92 Å². The summed E-state index contributed by atoms with van der Waals surface area (Å²) in [5.74, 6) is -0.0545. The molecule has 2 aromatic rings. The van der Waals surface area contributed by atoms with E-state index in [-0.39, 0.29) is 5.91 Å².